The van der Waals surface area contributed by atoms with E-state index in [9.17, 15) is 18.9 Å². The molecule has 1 atom stereocenters. The van der Waals surface area contributed by atoms with Crippen molar-refractivity contribution in [1.29, 1.82) is 0 Å². The predicted molar refractivity (Wildman–Crippen MR) is 122 cm³/mol. The summed E-state index contributed by atoms with van der Waals surface area (Å²) in [5, 5.41) is 16.0. The van der Waals surface area contributed by atoms with Crippen LogP contribution in [0.3, 0.4) is 0 Å². The van der Waals surface area contributed by atoms with Crippen molar-refractivity contribution >= 4 is 16.8 Å². The Balaban J connectivity index is 1.79. The standard InChI is InChI=1S/C22H19N5O5S/c1-32-18-7-5-15(6-8-18)12-26-13-19(20-9-10-23-21(24-20)14-33(30)31)22(25-26)16-3-2-4-17(11-16)27(28)29/h2-11,13H,12,14H2,1H3,(H,30,31). The Morgan fingerprint density at radius 3 is 2.67 bits per heavy atom. The van der Waals surface area contributed by atoms with Crippen LogP contribution in [0.4, 0.5) is 5.69 Å². The van der Waals surface area contributed by atoms with Crippen LogP contribution in [-0.2, 0) is 23.4 Å². The second-order valence-electron chi connectivity index (χ2n) is 7.07. The van der Waals surface area contributed by atoms with Crippen molar-refractivity contribution in [3.8, 4) is 28.3 Å². The Morgan fingerprint density at radius 1 is 1.18 bits per heavy atom. The highest BCUT2D eigenvalue weighted by Crippen LogP contribution is 2.32. The Kier molecular flexibility index (Phi) is 6.52. The van der Waals surface area contributed by atoms with Gasteiger partial charge in [-0.15, -0.1) is 0 Å². The number of methoxy groups -OCH3 is 1. The van der Waals surface area contributed by atoms with E-state index in [0.29, 0.717) is 29.1 Å². The summed E-state index contributed by atoms with van der Waals surface area (Å²) >= 11 is -2.09. The van der Waals surface area contributed by atoms with Gasteiger partial charge in [-0.3, -0.25) is 14.8 Å². The number of hydrogen-bond donors (Lipinski definition) is 1. The molecule has 10 nitrogen and oxygen atoms in total. The van der Waals surface area contributed by atoms with Gasteiger partial charge in [0.25, 0.3) is 5.69 Å². The number of aromatic nitrogens is 4. The molecule has 0 amide bonds. The first kappa shape index (κ1) is 22.2. The predicted octanol–water partition coefficient (Wildman–Crippen LogP) is 3.69. The van der Waals surface area contributed by atoms with E-state index >= 15 is 0 Å². The molecule has 11 heteroatoms. The molecule has 0 aliphatic carbocycles. The van der Waals surface area contributed by atoms with Gasteiger partial charge >= 0.3 is 0 Å². The van der Waals surface area contributed by atoms with Crippen molar-refractivity contribution in [2.75, 3.05) is 7.11 Å². The maximum atomic E-state index is 11.3. The van der Waals surface area contributed by atoms with Crippen LogP contribution < -0.4 is 4.74 Å². The number of rotatable bonds is 8. The van der Waals surface area contributed by atoms with Gasteiger partial charge < -0.3 is 9.29 Å². The highest BCUT2D eigenvalue weighted by Gasteiger charge is 2.18. The highest BCUT2D eigenvalue weighted by molar-refractivity contribution is 7.78. The van der Waals surface area contributed by atoms with Crippen molar-refractivity contribution in [2.24, 2.45) is 0 Å². The normalized spacial score (nSPS) is 11.8. The number of non-ortho nitro benzene ring substituents is 1. The average molecular weight is 465 g/mol. The van der Waals surface area contributed by atoms with E-state index in [1.54, 1.807) is 36.2 Å². The first-order chi connectivity index (χ1) is 15.9. The summed E-state index contributed by atoms with van der Waals surface area (Å²) in [6.07, 6.45) is 3.29. The first-order valence-corrected chi connectivity index (χ1v) is 11.1. The molecule has 0 saturated heterocycles. The quantitative estimate of drug-likeness (QED) is 0.237. The zero-order valence-corrected chi connectivity index (χ0v) is 18.3. The van der Waals surface area contributed by atoms with Gasteiger partial charge in [-0.1, -0.05) is 24.3 Å². The SMILES string of the molecule is COc1ccc(Cn2cc(-c3ccnc(CS(=O)O)n3)c(-c3cccc([N+](=O)[O-])c3)n2)cc1. The fraction of sp³-hybridized carbons (Fsp3) is 0.136. The number of hydrogen-bond acceptors (Lipinski definition) is 7. The summed E-state index contributed by atoms with van der Waals surface area (Å²) in [5.41, 5.74) is 3.10. The zero-order valence-electron chi connectivity index (χ0n) is 17.5. The molecule has 2 aromatic carbocycles. The summed E-state index contributed by atoms with van der Waals surface area (Å²) in [4.78, 5) is 19.3. The Bertz CT molecular complexity index is 1320. The van der Waals surface area contributed by atoms with Crippen molar-refractivity contribution in [3.63, 3.8) is 0 Å². The number of benzene rings is 2. The van der Waals surface area contributed by atoms with Gasteiger partial charge in [-0.05, 0) is 23.8 Å². The molecule has 0 spiro atoms. The van der Waals surface area contributed by atoms with Crippen LogP contribution in [0.15, 0.2) is 67.0 Å². The number of nitrogens with zero attached hydrogens (tertiary/aromatic N) is 5. The van der Waals surface area contributed by atoms with Crippen LogP contribution in [0.25, 0.3) is 22.5 Å². The van der Waals surface area contributed by atoms with Gasteiger partial charge in [-0.2, -0.15) is 5.10 Å². The van der Waals surface area contributed by atoms with Crippen molar-refractivity contribution < 1.29 is 18.4 Å². The van der Waals surface area contributed by atoms with E-state index in [0.717, 1.165) is 11.3 Å². The summed E-state index contributed by atoms with van der Waals surface area (Å²) in [6, 6.07) is 15.4. The molecule has 2 heterocycles. The lowest BCUT2D eigenvalue weighted by molar-refractivity contribution is -0.384. The third-order valence-electron chi connectivity index (χ3n) is 4.83. The van der Waals surface area contributed by atoms with E-state index in [1.165, 1.54) is 18.3 Å². The van der Waals surface area contributed by atoms with Crippen molar-refractivity contribution in [2.45, 2.75) is 12.3 Å². The van der Waals surface area contributed by atoms with E-state index in [4.69, 9.17) is 4.74 Å². The van der Waals surface area contributed by atoms with E-state index in [1.807, 2.05) is 24.3 Å². The molecule has 2 aromatic heterocycles. The van der Waals surface area contributed by atoms with Crippen molar-refractivity contribution in [1.82, 2.24) is 19.7 Å². The third-order valence-corrected chi connectivity index (χ3v) is 5.33. The molecule has 4 rings (SSSR count). The molecule has 0 bridgehead atoms. The number of nitro groups is 1. The number of nitro benzene ring substituents is 1. The monoisotopic (exact) mass is 465 g/mol. The smallest absolute Gasteiger partial charge is 0.270 e. The second-order valence-corrected chi connectivity index (χ2v) is 8.00. The lowest BCUT2D eigenvalue weighted by atomic mass is 10.1. The molecule has 168 valence electrons. The van der Waals surface area contributed by atoms with Gasteiger partial charge in [0.15, 0.2) is 11.1 Å². The summed E-state index contributed by atoms with van der Waals surface area (Å²) in [6.45, 7) is 0.449. The fourth-order valence-corrected chi connectivity index (χ4v) is 3.68. The Labute approximate surface area is 191 Å². The van der Waals surface area contributed by atoms with E-state index in [2.05, 4.69) is 15.1 Å². The van der Waals surface area contributed by atoms with Crippen LogP contribution in [0.5, 0.6) is 5.75 Å². The summed E-state index contributed by atoms with van der Waals surface area (Å²) < 4.78 is 27.3. The summed E-state index contributed by atoms with van der Waals surface area (Å²) in [7, 11) is 1.60. The second kappa shape index (κ2) is 9.67. The van der Waals surface area contributed by atoms with Crippen LogP contribution in [0, 0.1) is 10.1 Å². The molecule has 0 aliphatic heterocycles. The topological polar surface area (TPSA) is 133 Å². The van der Waals surface area contributed by atoms with Crippen LogP contribution >= 0.6 is 0 Å². The van der Waals surface area contributed by atoms with E-state index < -0.39 is 16.0 Å². The molecular formula is C22H19N5O5S. The van der Waals surface area contributed by atoms with Gasteiger partial charge in [0, 0.05) is 35.7 Å². The third kappa shape index (κ3) is 5.27. The largest absolute Gasteiger partial charge is 0.497 e. The van der Waals surface area contributed by atoms with E-state index in [-0.39, 0.29) is 17.3 Å². The van der Waals surface area contributed by atoms with Gasteiger partial charge in [0.05, 0.1) is 24.3 Å². The molecule has 1 unspecified atom stereocenters. The molecule has 0 saturated carbocycles. The highest BCUT2D eigenvalue weighted by atomic mass is 32.2. The number of ether oxygens (including phenoxy) is 1. The van der Waals surface area contributed by atoms with Crippen molar-refractivity contribution in [3.05, 3.63) is 88.5 Å². The van der Waals surface area contributed by atoms with Crippen LogP contribution in [-0.4, -0.2) is 40.5 Å². The average Bonchev–Trinajstić information content (AvgIpc) is 3.23. The van der Waals surface area contributed by atoms with Crippen LogP contribution in [0.1, 0.15) is 11.4 Å². The van der Waals surface area contributed by atoms with Gasteiger partial charge in [0.1, 0.15) is 23.0 Å². The maximum absolute atomic E-state index is 11.3. The minimum Gasteiger partial charge on any atom is -0.497 e. The van der Waals surface area contributed by atoms with Crippen LogP contribution in [0.2, 0.25) is 0 Å². The molecule has 0 radical (unpaired) electrons. The zero-order chi connectivity index (χ0) is 23.4. The maximum Gasteiger partial charge on any atom is 0.270 e. The lowest BCUT2D eigenvalue weighted by Crippen LogP contribution is -2.01. The molecule has 0 aliphatic rings. The lowest BCUT2D eigenvalue weighted by Gasteiger charge is -2.04. The Morgan fingerprint density at radius 2 is 1.97 bits per heavy atom. The fourth-order valence-electron chi connectivity index (χ4n) is 3.32. The summed E-state index contributed by atoms with van der Waals surface area (Å²) in [5.74, 6) is 0.744. The minimum absolute atomic E-state index is 0.0535. The minimum atomic E-state index is -2.09. The molecule has 33 heavy (non-hydrogen) atoms. The van der Waals surface area contributed by atoms with Gasteiger partial charge in [-0.25, -0.2) is 14.2 Å². The molecule has 4 aromatic rings. The first-order valence-electron chi connectivity index (χ1n) is 9.78. The van der Waals surface area contributed by atoms with Gasteiger partial charge in [0.2, 0.25) is 0 Å². The molecule has 1 N–H and O–H groups in total. The molecule has 0 fully saturated rings. The molecular weight excluding hydrogens is 446 g/mol. The Hall–Kier alpha value is -3.96.